The van der Waals surface area contributed by atoms with E-state index in [0.29, 0.717) is 6.42 Å². The maximum atomic E-state index is 12.3. The van der Waals surface area contributed by atoms with Crippen LogP contribution in [0.4, 0.5) is 18.9 Å². The lowest BCUT2D eigenvalue weighted by molar-refractivity contribution is -0.137. The number of halogens is 3. The number of benzene rings is 1. The molecule has 0 spiro atoms. The van der Waals surface area contributed by atoms with E-state index >= 15 is 0 Å². The van der Waals surface area contributed by atoms with Crippen LogP contribution in [0.3, 0.4) is 0 Å². The molecule has 0 saturated carbocycles. The van der Waals surface area contributed by atoms with E-state index in [2.05, 4.69) is 10.6 Å². The number of alkyl halides is 3. The van der Waals surface area contributed by atoms with Crippen LogP contribution in [0.5, 0.6) is 0 Å². The fraction of sp³-hybridized carbons (Fsp3) is 0.333. The normalized spacial score (nSPS) is 19.1. The van der Waals surface area contributed by atoms with Crippen molar-refractivity contribution in [2.45, 2.75) is 25.1 Å². The third-order valence-corrected chi connectivity index (χ3v) is 2.79. The summed E-state index contributed by atoms with van der Waals surface area (Å²) in [6, 6.07) is 3.52. The van der Waals surface area contributed by atoms with Gasteiger partial charge in [0.05, 0.1) is 5.56 Å². The Hall–Kier alpha value is -2.05. The molecule has 1 heterocycles. The quantitative estimate of drug-likeness (QED) is 0.864. The number of hydrogen-bond acceptors (Lipinski definition) is 2. The predicted octanol–water partition coefficient (Wildman–Crippen LogP) is 1.92. The Bertz CT molecular complexity index is 497. The minimum absolute atomic E-state index is 0.201. The molecular weight excluding hydrogens is 261 g/mol. The van der Waals surface area contributed by atoms with Crippen LogP contribution in [0.2, 0.25) is 0 Å². The highest BCUT2D eigenvalue weighted by Gasteiger charge is 2.30. The summed E-state index contributed by atoms with van der Waals surface area (Å²) in [5.74, 6) is -0.627. The number of carbonyl (C=O) groups excluding carboxylic acids is 2. The van der Waals surface area contributed by atoms with Crippen molar-refractivity contribution in [3.05, 3.63) is 29.8 Å². The van der Waals surface area contributed by atoms with E-state index in [4.69, 9.17) is 0 Å². The Morgan fingerprint density at radius 3 is 2.37 bits per heavy atom. The molecule has 19 heavy (non-hydrogen) atoms. The lowest BCUT2D eigenvalue weighted by Gasteiger charge is -2.12. The van der Waals surface area contributed by atoms with E-state index in [1.54, 1.807) is 0 Å². The van der Waals surface area contributed by atoms with Gasteiger partial charge in [-0.05, 0) is 30.7 Å². The van der Waals surface area contributed by atoms with Crippen molar-refractivity contribution in [2.75, 3.05) is 5.32 Å². The Balaban J connectivity index is 2.00. The number of hydrogen-bond donors (Lipinski definition) is 2. The van der Waals surface area contributed by atoms with Crippen LogP contribution in [0, 0.1) is 0 Å². The average Bonchev–Trinajstić information content (AvgIpc) is 2.75. The molecule has 1 saturated heterocycles. The summed E-state index contributed by atoms with van der Waals surface area (Å²) >= 11 is 0. The molecule has 2 rings (SSSR count). The third-order valence-electron chi connectivity index (χ3n) is 2.79. The van der Waals surface area contributed by atoms with E-state index in [1.807, 2.05) is 0 Å². The Morgan fingerprint density at radius 1 is 1.26 bits per heavy atom. The molecule has 0 bridgehead atoms. The highest BCUT2D eigenvalue weighted by molar-refractivity contribution is 5.98. The zero-order valence-corrected chi connectivity index (χ0v) is 9.75. The van der Waals surface area contributed by atoms with Gasteiger partial charge in [-0.25, -0.2) is 0 Å². The maximum absolute atomic E-state index is 12.3. The second kappa shape index (κ2) is 4.91. The van der Waals surface area contributed by atoms with Crippen molar-refractivity contribution in [2.24, 2.45) is 0 Å². The van der Waals surface area contributed by atoms with Gasteiger partial charge in [0.15, 0.2) is 0 Å². The molecule has 7 heteroatoms. The van der Waals surface area contributed by atoms with Gasteiger partial charge < -0.3 is 10.6 Å². The third kappa shape index (κ3) is 3.24. The minimum Gasteiger partial charge on any atom is -0.344 e. The first kappa shape index (κ1) is 13.4. The number of nitrogens with one attached hydrogen (secondary N) is 2. The summed E-state index contributed by atoms with van der Waals surface area (Å²) in [5.41, 5.74) is -0.515. The van der Waals surface area contributed by atoms with E-state index in [0.717, 1.165) is 12.1 Å². The monoisotopic (exact) mass is 272 g/mol. The first-order chi connectivity index (χ1) is 8.86. The molecule has 4 nitrogen and oxygen atoms in total. The standard InChI is InChI=1S/C12H11F3N2O2/c13-12(14,15)7-1-3-8(4-2-7)16-11(19)9-5-6-10(18)17-9/h1-4,9H,5-6H2,(H,16,19)(H,17,18). The van der Waals surface area contributed by atoms with Gasteiger partial charge in [-0.3, -0.25) is 9.59 Å². The zero-order valence-electron chi connectivity index (χ0n) is 9.75. The summed E-state index contributed by atoms with van der Waals surface area (Å²) < 4.78 is 37.0. The van der Waals surface area contributed by atoms with E-state index < -0.39 is 23.7 Å². The minimum atomic E-state index is -4.40. The lowest BCUT2D eigenvalue weighted by atomic mass is 10.2. The van der Waals surface area contributed by atoms with Crippen LogP contribution in [0.25, 0.3) is 0 Å². The molecule has 1 aliphatic rings. The van der Waals surface area contributed by atoms with Gasteiger partial charge in [-0.15, -0.1) is 0 Å². The van der Waals surface area contributed by atoms with Gasteiger partial charge in [0.1, 0.15) is 6.04 Å². The second-order valence-corrected chi connectivity index (χ2v) is 4.22. The van der Waals surface area contributed by atoms with E-state index in [-0.39, 0.29) is 18.0 Å². The summed E-state index contributed by atoms with van der Waals surface area (Å²) in [4.78, 5) is 22.6. The van der Waals surface area contributed by atoms with Gasteiger partial charge >= 0.3 is 6.18 Å². The zero-order chi connectivity index (χ0) is 14.0. The molecule has 1 unspecified atom stereocenters. The first-order valence-corrected chi connectivity index (χ1v) is 5.64. The molecule has 0 aromatic heterocycles. The molecule has 102 valence electrons. The van der Waals surface area contributed by atoms with Crippen LogP contribution in [0.15, 0.2) is 24.3 Å². The van der Waals surface area contributed by atoms with Crippen molar-refractivity contribution < 1.29 is 22.8 Å². The summed E-state index contributed by atoms with van der Waals surface area (Å²) in [6.07, 6.45) is -3.72. The highest BCUT2D eigenvalue weighted by atomic mass is 19.4. The number of rotatable bonds is 2. The summed E-state index contributed by atoms with van der Waals surface area (Å²) in [7, 11) is 0. The van der Waals surface area contributed by atoms with Gasteiger partial charge in [-0.2, -0.15) is 13.2 Å². The average molecular weight is 272 g/mol. The largest absolute Gasteiger partial charge is 0.416 e. The Labute approximate surface area is 107 Å². The Kier molecular flexibility index (Phi) is 3.46. The topological polar surface area (TPSA) is 58.2 Å². The van der Waals surface area contributed by atoms with Crippen molar-refractivity contribution >= 4 is 17.5 Å². The summed E-state index contributed by atoms with van der Waals surface area (Å²) in [6.45, 7) is 0. The molecule has 0 aliphatic carbocycles. The van der Waals surface area contributed by atoms with E-state index in [1.165, 1.54) is 12.1 Å². The molecule has 2 N–H and O–H groups in total. The van der Waals surface area contributed by atoms with Crippen LogP contribution in [-0.4, -0.2) is 17.9 Å². The molecular formula is C12H11F3N2O2. The van der Waals surface area contributed by atoms with Crippen LogP contribution in [-0.2, 0) is 15.8 Å². The Morgan fingerprint density at radius 2 is 1.89 bits per heavy atom. The molecule has 1 aromatic rings. The van der Waals surface area contributed by atoms with Crippen LogP contribution in [0.1, 0.15) is 18.4 Å². The van der Waals surface area contributed by atoms with Gasteiger partial charge in [0.2, 0.25) is 11.8 Å². The molecule has 0 radical (unpaired) electrons. The van der Waals surface area contributed by atoms with Gasteiger partial charge in [0.25, 0.3) is 0 Å². The fourth-order valence-electron chi connectivity index (χ4n) is 1.78. The van der Waals surface area contributed by atoms with Crippen LogP contribution < -0.4 is 10.6 Å². The predicted molar refractivity (Wildman–Crippen MR) is 61.2 cm³/mol. The lowest BCUT2D eigenvalue weighted by Crippen LogP contribution is -2.37. The number of anilines is 1. The molecule has 1 aromatic carbocycles. The molecule has 1 fully saturated rings. The second-order valence-electron chi connectivity index (χ2n) is 4.22. The van der Waals surface area contributed by atoms with E-state index in [9.17, 15) is 22.8 Å². The number of amides is 2. The summed E-state index contributed by atoms with van der Waals surface area (Å²) in [5, 5.41) is 4.94. The smallest absolute Gasteiger partial charge is 0.344 e. The van der Waals surface area contributed by atoms with Crippen molar-refractivity contribution in [3.8, 4) is 0 Å². The molecule has 1 atom stereocenters. The maximum Gasteiger partial charge on any atom is 0.416 e. The molecule has 1 aliphatic heterocycles. The van der Waals surface area contributed by atoms with Crippen molar-refractivity contribution in [1.29, 1.82) is 0 Å². The van der Waals surface area contributed by atoms with Crippen molar-refractivity contribution in [3.63, 3.8) is 0 Å². The van der Waals surface area contributed by atoms with Gasteiger partial charge in [-0.1, -0.05) is 0 Å². The van der Waals surface area contributed by atoms with Crippen molar-refractivity contribution in [1.82, 2.24) is 5.32 Å². The molecule has 2 amide bonds. The first-order valence-electron chi connectivity index (χ1n) is 5.64. The van der Waals surface area contributed by atoms with Gasteiger partial charge in [0, 0.05) is 12.1 Å². The highest BCUT2D eigenvalue weighted by Crippen LogP contribution is 2.29. The van der Waals surface area contributed by atoms with Crippen LogP contribution >= 0.6 is 0 Å². The number of carbonyl (C=O) groups is 2. The SMILES string of the molecule is O=C1CCC(C(=O)Nc2ccc(C(F)(F)F)cc2)N1. The fourth-order valence-corrected chi connectivity index (χ4v) is 1.78.